The zero-order chi connectivity index (χ0) is 26.2. The number of aromatic hydroxyl groups is 1. The van der Waals surface area contributed by atoms with Gasteiger partial charge in [0.2, 0.25) is 0 Å². The number of hydrogen-bond donors (Lipinski definition) is 3. The maximum atomic E-state index is 13.0. The molecule has 0 saturated carbocycles. The van der Waals surface area contributed by atoms with Crippen molar-refractivity contribution < 1.29 is 19.4 Å². The van der Waals surface area contributed by atoms with Crippen LogP contribution in [0.5, 0.6) is 11.5 Å². The molecule has 0 heterocycles. The van der Waals surface area contributed by atoms with Gasteiger partial charge in [0.1, 0.15) is 5.70 Å². The summed E-state index contributed by atoms with van der Waals surface area (Å²) in [6.07, 6.45) is 2.96. The third-order valence-corrected chi connectivity index (χ3v) is 7.17. The number of phenolic OH excluding ortho intramolecular Hbond substituents is 1. The summed E-state index contributed by atoms with van der Waals surface area (Å²) in [4.78, 5) is 27.7. The Morgan fingerprint density at radius 3 is 2.31 bits per heavy atom. The molecule has 0 aliphatic heterocycles. The molecule has 0 aliphatic carbocycles. The van der Waals surface area contributed by atoms with Gasteiger partial charge in [-0.05, 0) is 73.8 Å². The van der Waals surface area contributed by atoms with Crippen LogP contribution in [0.2, 0.25) is 0 Å². The van der Waals surface area contributed by atoms with Crippen molar-refractivity contribution in [1.82, 2.24) is 10.7 Å². The van der Waals surface area contributed by atoms with Gasteiger partial charge in [-0.15, -0.1) is 0 Å². The first kappa shape index (κ1) is 27.0. The molecule has 10 heteroatoms. The van der Waals surface area contributed by atoms with Crippen LogP contribution >= 0.6 is 31.9 Å². The lowest BCUT2D eigenvalue weighted by Crippen LogP contribution is -2.32. The van der Waals surface area contributed by atoms with E-state index in [1.54, 1.807) is 42.5 Å². The van der Waals surface area contributed by atoms with Gasteiger partial charge in [-0.1, -0.05) is 30.3 Å². The standard InChI is InChI=1S/C26H24Br2N4O4/c1-32(2)19-11-9-16(10-12-19)13-20(30-25(34)17-7-5-4-6-8-17)26(35)31-29-15-18-14-21(36-3)24(33)23(28)22(18)27/h4-15,33H,1-3H3,(H,30,34)(H,31,35)/b20-13?,29-15+. The number of nitrogens with zero attached hydrogens (tertiary/aromatic N) is 2. The number of benzene rings is 3. The first-order chi connectivity index (χ1) is 17.2. The van der Waals surface area contributed by atoms with E-state index >= 15 is 0 Å². The van der Waals surface area contributed by atoms with E-state index in [9.17, 15) is 14.7 Å². The molecule has 0 unspecified atom stereocenters. The zero-order valence-corrected chi connectivity index (χ0v) is 22.9. The molecule has 0 fully saturated rings. The summed E-state index contributed by atoms with van der Waals surface area (Å²) in [6.45, 7) is 0. The number of methoxy groups -OCH3 is 1. The maximum Gasteiger partial charge on any atom is 0.287 e. The number of ether oxygens (including phenoxy) is 1. The minimum atomic E-state index is -0.617. The molecule has 3 aromatic carbocycles. The number of rotatable bonds is 8. The van der Waals surface area contributed by atoms with Crippen LogP contribution in [0.25, 0.3) is 6.08 Å². The Labute approximate surface area is 225 Å². The molecule has 0 aromatic heterocycles. The zero-order valence-electron chi connectivity index (χ0n) is 19.8. The Bertz CT molecular complexity index is 1310. The Hall–Kier alpha value is -3.63. The van der Waals surface area contributed by atoms with Gasteiger partial charge in [0.15, 0.2) is 11.5 Å². The monoisotopic (exact) mass is 614 g/mol. The van der Waals surface area contributed by atoms with Crippen molar-refractivity contribution >= 4 is 61.7 Å². The molecule has 3 rings (SSSR count). The number of hydrogen-bond acceptors (Lipinski definition) is 6. The van der Waals surface area contributed by atoms with E-state index in [1.807, 2.05) is 43.3 Å². The lowest BCUT2D eigenvalue weighted by molar-refractivity contribution is -0.117. The number of carbonyl (C=O) groups is 2. The highest BCUT2D eigenvalue weighted by Gasteiger charge is 2.16. The first-order valence-corrected chi connectivity index (χ1v) is 12.2. The molecule has 3 aromatic rings. The smallest absolute Gasteiger partial charge is 0.287 e. The normalized spacial score (nSPS) is 11.3. The summed E-state index contributed by atoms with van der Waals surface area (Å²) in [6, 6.07) is 17.7. The molecule has 8 nitrogen and oxygen atoms in total. The summed E-state index contributed by atoms with van der Waals surface area (Å²) in [5.74, 6) is -0.886. The Balaban J connectivity index is 1.86. The molecule has 0 saturated heterocycles. The highest BCUT2D eigenvalue weighted by molar-refractivity contribution is 9.13. The van der Waals surface area contributed by atoms with E-state index in [4.69, 9.17) is 4.74 Å². The van der Waals surface area contributed by atoms with Crippen molar-refractivity contribution in [2.75, 3.05) is 26.1 Å². The van der Waals surface area contributed by atoms with Gasteiger partial charge in [-0.2, -0.15) is 5.10 Å². The van der Waals surface area contributed by atoms with Gasteiger partial charge >= 0.3 is 0 Å². The molecule has 0 bridgehead atoms. The second kappa shape index (κ2) is 12.4. The number of phenols is 1. The molecule has 36 heavy (non-hydrogen) atoms. The molecule has 0 radical (unpaired) electrons. The van der Waals surface area contributed by atoms with Crippen molar-refractivity contribution in [3.8, 4) is 11.5 Å². The largest absolute Gasteiger partial charge is 0.503 e. The number of carbonyl (C=O) groups excluding carboxylic acids is 2. The van der Waals surface area contributed by atoms with Gasteiger partial charge in [0, 0.05) is 35.4 Å². The second-order valence-corrected chi connectivity index (χ2v) is 9.29. The maximum absolute atomic E-state index is 13.0. The highest BCUT2D eigenvalue weighted by atomic mass is 79.9. The van der Waals surface area contributed by atoms with Crippen molar-refractivity contribution in [2.45, 2.75) is 0 Å². The van der Waals surface area contributed by atoms with Gasteiger partial charge in [0.05, 0.1) is 17.8 Å². The molecule has 0 spiro atoms. The van der Waals surface area contributed by atoms with Gasteiger partial charge in [0.25, 0.3) is 11.8 Å². The van der Waals surface area contributed by atoms with Crippen molar-refractivity contribution in [3.63, 3.8) is 0 Å². The van der Waals surface area contributed by atoms with Crippen LogP contribution in [0.15, 0.2) is 80.4 Å². The molecular weight excluding hydrogens is 592 g/mol. The van der Waals surface area contributed by atoms with Crippen molar-refractivity contribution in [2.24, 2.45) is 5.10 Å². The molecule has 0 atom stereocenters. The molecule has 2 amide bonds. The summed E-state index contributed by atoms with van der Waals surface area (Å²) in [5, 5.41) is 16.8. The highest BCUT2D eigenvalue weighted by Crippen LogP contribution is 2.41. The second-order valence-electron chi connectivity index (χ2n) is 7.71. The van der Waals surface area contributed by atoms with Gasteiger partial charge < -0.3 is 20.1 Å². The first-order valence-electron chi connectivity index (χ1n) is 10.6. The lowest BCUT2D eigenvalue weighted by atomic mass is 10.1. The third kappa shape index (κ3) is 6.73. The van der Waals surface area contributed by atoms with Crippen molar-refractivity contribution in [3.05, 3.63) is 92.0 Å². The van der Waals surface area contributed by atoms with E-state index in [1.165, 1.54) is 13.3 Å². The number of hydrazone groups is 1. The van der Waals surface area contributed by atoms with E-state index in [0.717, 1.165) is 11.3 Å². The average Bonchev–Trinajstić information content (AvgIpc) is 2.89. The number of nitrogens with one attached hydrogen (secondary N) is 2. The summed E-state index contributed by atoms with van der Waals surface area (Å²) < 4.78 is 6.06. The lowest BCUT2D eigenvalue weighted by Gasteiger charge is -2.13. The molecule has 3 N–H and O–H groups in total. The predicted octanol–water partition coefficient (Wildman–Crippen LogP) is 4.91. The minimum Gasteiger partial charge on any atom is -0.503 e. The quantitative estimate of drug-likeness (QED) is 0.190. The Morgan fingerprint density at radius 2 is 1.69 bits per heavy atom. The van der Waals surface area contributed by atoms with E-state index in [0.29, 0.717) is 20.1 Å². The fourth-order valence-electron chi connectivity index (χ4n) is 3.06. The van der Waals surface area contributed by atoms with Crippen LogP contribution in [0.3, 0.4) is 0 Å². The van der Waals surface area contributed by atoms with Crippen LogP contribution in [0.4, 0.5) is 5.69 Å². The Kier molecular flexibility index (Phi) is 9.26. The summed E-state index contributed by atoms with van der Waals surface area (Å²) in [7, 11) is 5.29. The fraction of sp³-hybridized carbons (Fsp3) is 0.115. The minimum absolute atomic E-state index is 0.0159. The number of halogens is 2. The van der Waals surface area contributed by atoms with Crippen LogP contribution in [-0.2, 0) is 4.79 Å². The van der Waals surface area contributed by atoms with Crippen LogP contribution < -0.4 is 20.4 Å². The SMILES string of the molecule is COc1cc(/C=N/NC(=O)C(=Cc2ccc(N(C)C)cc2)NC(=O)c2ccccc2)c(Br)c(Br)c1O. The van der Waals surface area contributed by atoms with E-state index in [-0.39, 0.29) is 17.2 Å². The summed E-state index contributed by atoms with van der Waals surface area (Å²) in [5.41, 5.74) is 5.12. The van der Waals surface area contributed by atoms with Crippen LogP contribution in [0, 0.1) is 0 Å². The fourth-order valence-corrected chi connectivity index (χ4v) is 3.89. The van der Waals surface area contributed by atoms with Crippen LogP contribution in [-0.4, -0.2) is 44.3 Å². The Morgan fingerprint density at radius 1 is 1.03 bits per heavy atom. The third-order valence-electron chi connectivity index (χ3n) is 5.01. The van der Waals surface area contributed by atoms with Crippen LogP contribution in [0.1, 0.15) is 21.5 Å². The van der Waals surface area contributed by atoms with Gasteiger partial charge in [-0.25, -0.2) is 5.43 Å². The van der Waals surface area contributed by atoms with E-state index in [2.05, 4.69) is 47.7 Å². The number of amides is 2. The molecule has 0 aliphatic rings. The molecule has 186 valence electrons. The van der Waals surface area contributed by atoms with Crippen molar-refractivity contribution in [1.29, 1.82) is 0 Å². The van der Waals surface area contributed by atoms with Gasteiger partial charge in [-0.3, -0.25) is 9.59 Å². The predicted molar refractivity (Wildman–Crippen MR) is 148 cm³/mol. The average molecular weight is 616 g/mol. The topological polar surface area (TPSA) is 103 Å². The summed E-state index contributed by atoms with van der Waals surface area (Å²) >= 11 is 6.65. The molecular formula is C26H24Br2N4O4. The van der Waals surface area contributed by atoms with E-state index < -0.39 is 11.8 Å². The number of anilines is 1.